The van der Waals surface area contributed by atoms with Gasteiger partial charge in [-0.15, -0.1) is 0 Å². The predicted molar refractivity (Wildman–Crippen MR) is 174 cm³/mol. The second-order valence-electron chi connectivity index (χ2n) is 12.7. The van der Waals surface area contributed by atoms with Gasteiger partial charge in [0, 0.05) is 92.4 Å². The van der Waals surface area contributed by atoms with Gasteiger partial charge in [0.1, 0.15) is 11.6 Å². The van der Waals surface area contributed by atoms with Gasteiger partial charge in [-0.1, -0.05) is 13.3 Å². The Balaban J connectivity index is 1.25. The molecule has 1 N–H and O–H groups in total. The van der Waals surface area contributed by atoms with Gasteiger partial charge in [0.25, 0.3) is 0 Å². The number of rotatable bonds is 9. The number of carbonyl (C=O) groups excluding carboxylic acids is 1. The molecule has 2 aliphatic heterocycles. The Hall–Kier alpha value is -4.66. The van der Waals surface area contributed by atoms with E-state index in [9.17, 15) is 23.1 Å². The first-order chi connectivity index (χ1) is 23.4. The number of anilines is 1. The Morgan fingerprint density at radius 3 is 2.57 bits per heavy atom. The quantitative estimate of drug-likeness (QED) is 0.240. The first kappa shape index (κ1) is 34.2. The molecule has 4 aromatic rings. The highest BCUT2D eigenvalue weighted by Crippen LogP contribution is 2.46. The molecule has 1 fully saturated rings. The normalized spacial score (nSPS) is 18.0. The lowest BCUT2D eigenvalue weighted by Gasteiger charge is -2.34. The highest BCUT2D eigenvalue weighted by molar-refractivity contribution is 5.75. The average molecular weight is 683 g/mol. The van der Waals surface area contributed by atoms with E-state index < -0.39 is 23.9 Å². The van der Waals surface area contributed by atoms with Gasteiger partial charge < -0.3 is 28.9 Å². The smallest absolute Gasteiger partial charge is 0.435 e. The van der Waals surface area contributed by atoms with E-state index in [1.165, 1.54) is 13.2 Å². The topological polar surface area (TPSA) is 124 Å². The molecule has 262 valence electrons. The fraction of sp³-hybridized carbons (Fsp3) is 0.500. The fourth-order valence-electron chi connectivity index (χ4n) is 6.37. The number of piperazine rings is 1. The van der Waals surface area contributed by atoms with Crippen LogP contribution in [0.4, 0.5) is 23.9 Å². The number of nitrogens with zero attached hydrogens (tertiary/aromatic N) is 8. The minimum Gasteiger partial charge on any atom is -0.492 e. The van der Waals surface area contributed by atoms with Crippen molar-refractivity contribution in [1.29, 1.82) is 0 Å². The second-order valence-corrected chi connectivity index (χ2v) is 12.7. The van der Waals surface area contributed by atoms with Crippen LogP contribution >= 0.6 is 0 Å². The summed E-state index contributed by atoms with van der Waals surface area (Å²) in [5.74, 6) is 1.06. The van der Waals surface area contributed by atoms with Crippen molar-refractivity contribution in [2.75, 3.05) is 44.3 Å². The third kappa shape index (κ3) is 7.51. The van der Waals surface area contributed by atoms with Crippen molar-refractivity contribution in [2.45, 2.75) is 58.9 Å². The van der Waals surface area contributed by atoms with E-state index in [2.05, 4.69) is 15.1 Å². The van der Waals surface area contributed by atoms with Crippen LogP contribution in [0.2, 0.25) is 0 Å². The highest BCUT2D eigenvalue weighted by atomic mass is 19.4. The Kier molecular flexibility index (Phi) is 9.82. The number of imidazole rings is 1. The van der Waals surface area contributed by atoms with Crippen LogP contribution in [0.5, 0.6) is 5.75 Å². The van der Waals surface area contributed by atoms with Gasteiger partial charge in [0.15, 0.2) is 5.69 Å². The first-order valence-corrected chi connectivity index (χ1v) is 16.5. The predicted octanol–water partition coefficient (Wildman–Crippen LogP) is 5.10. The molecule has 0 bridgehead atoms. The number of aryl methyl sites for hydroxylation is 3. The molecule has 49 heavy (non-hydrogen) atoms. The Labute approximate surface area is 282 Å². The number of benzene rings is 1. The number of aliphatic hydroxyl groups is 1. The highest BCUT2D eigenvalue weighted by Gasteiger charge is 2.40. The number of halogens is 3. The maximum Gasteiger partial charge on any atom is 0.435 e. The summed E-state index contributed by atoms with van der Waals surface area (Å²) >= 11 is 0. The van der Waals surface area contributed by atoms with Gasteiger partial charge in [-0.05, 0) is 50.5 Å². The van der Waals surface area contributed by atoms with Crippen LogP contribution in [-0.4, -0.2) is 84.8 Å². The Bertz CT molecular complexity index is 1800. The standard InChI is InChI=1S/C34H41F3N8O4/c1-5-6-13-48-33(47)44-11-9-43(10-12-44)32-39-21(2)14-25(40-32)17-24-20-49-30-26(28-19-42(4)41-31(28)34(35,36)37)15-23(16-27(30)29(24)46)18-45-8-7-38-22(45)3/h7-8,14-16,19,24,29,46H,5-6,9-13,17-18,20H2,1-4H3/t24-,29-/m1/s1. The van der Waals surface area contributed by atoms with E-state index in [0.717, 1.165) is 29.0 Å². The SMILES string of the molecule is CCCCOC(=O)N1CCN(c2nc(C)cc(C[C@@H]3COc4c(-c5cn(C)nc5C(F)(F)F)cc(Cn5ccnc5C)cc4[C@@H]3O)n2)CC1. The van der Waals surface area contributed by atoms with E-state index >= 15 is 0 Å². The summed E-state index contributed by atoms with van der Waals surface area (Å²) in [4.78, 5) is 29.9. The first-order valence-electron chi connectivity index (χ1n) is 16.5. The number of hydrogen-bond acceptors (Lipinski definition) is 9. The zero-order valence-electron chi connectivity index (χ0n) is 28.1. The van der Waals surface area contributed by atoms with Crippen molar-refractivity contribution in [2.24, 2.45) is 13.0 Å². The fourth-order valence-corrected chi connectivity index (χ4v) is 6.37. The molecule has 0 saturated carbocycles. The minimum absolute atomic E-state index is 0.0694. The van der Waals surface area contributed by atoms with Crippen LogP contribution in [0.25, 0.3) is 11.1 Å². The van der Waals surface area contributed by atoms with E-state index in [4.69, 9.17) is 14.5 Å². The molecule has 1 aromatic carbocycles. The Morgan fingerprint density at radius 2 is 1.88 bits per heavy atom. The third-order valence-corrected chi connectivity index (χ3v) is 8.96. The summed E-state index contributed by atoms with van der Waals surface area (Å²) in [6.45, 7) is 8.64. The summed E-state index contributed by atoms with van der Waals surface area (Å²) in [5.41, 5.74) is 1.63. The molecule has 2 aliphatic rings. The molecule has 0 unspecified atom stereocenters. The second kappa shape index (κ2) is 14.1. The average Bonchev–Trinajstić information content (AvgIpc) is 3.66. The van der Waals surface area contributed by atoms with Crippen LogP contribution in [-0.2, 0) is 30.9 Å². The van der Waals surface area contributed by atoms with Crippen molar-refractivity contribution < 1.29 is 32.5 Å². The molecule has 1 amide bonds. The number of amides is 1. The number of unbranched alkanes of at least 4 members (excludes halogenated alkanes) is 1. The van der Waals surface area contributed by atoms with Crippen molar-refractivity contribution in [3.05, 3.63) is 70.8 Å². The van der Waals surface area contributed by atoms with Gasteiger partial charge in [0.05, 0.1) is 19.3 Å². The van der Waals surface area contributed by atoms with Crippen molar-refractivity contribution >= 4 is 12.0 Å². The van der Waals surface area contributed by atoms with Gasteiger partial charge in [0.2, 0.25) is 5.95 Å². The molecule has 2 atom stereocenters. The van der Waals surface area contributed by atoms with E-state index in [-0.39, 0.29) is 29.6 Å². The van der Waals surface area contributed by atoms with E-state index in [1.807, 2.05) is 36.3 Å². The molecule has 3 aromatic heterocycles. The molecule has 1 saturated heterocycles. The minimum atomic E-state index is -4.69. The lowest BCUT2D eigenvalue weighted by atomic mass is 9.86. The molecule has 15 heteroatoms. The summed E-state index contributed by atoms with van der Waals surface area (Å²) < 4.78 is 56.9. The largest absolute Gasteiger partial charge is 0.492 e. The van der Waals surface area contributed by atoms with Gasteiger partial charge in [-0.2, -0.15) is 18.3 Å². The lowest BCUT2D eigenvalue weighted by Crippen LogP contribution is -2.49. The van der Waals surface area contributed by atoms with Gasteiger partial charge >= 0.3 is 12.3 Å². The van der Waals surface area contributed by atoms with Gasteiger partial charge in [-0.3, -0.25) is 4.68 Å². The van der Waals surface area contributed by atoms with Crippen molar-refractivity contribution in [1.82, 2.24) is 34.2 Å². The summed E-state index contributed by atoms with van der Waals surface area (Å²) in [6.07, 6.45) is 0.864. The van der Waals surface area contributed by atoms with Gasteiger partial charge in [-0.25, -0.2) is 19.7 Å². The maximum absolute atomic E-state index is 14.1. The molecule has 12 nitrogen and oxygen atoms in total. The van der Waals surface area contributed by atoms with E-state index in [0.29, 0.717) is 68.5 Å². The number of hydrogen-bond donors (Lipinski definition) is 1. The van der Waals surface area contributed by atoms with Crippen molar-refractivity contribution in [3.63, 3.8) is 0 Å². The summed E-state index contributed by atoms with van der Waals surface area (Å²) in [7, 11) is 1.44. The van der Waals surface area contributed by atoms with Crippen LogP contribution in [0.3, 0.4) is 0 Å². The number of carbonyl (C=O) groups is 1. The van der Waals surface area contributed by atoms with Crippen LogP contribution in [0.1, 0.15) is 59.9 Å². The molecule has 0 aliphatic carbocycles. The van der Waals surface area contributed by atoms with E-state index in [1.54, 1.807) is 29.4 Å². The zero-order valence-corrected chi connectivity index (χ0v) is 28.1. The Morgan fingerprint density at radius 1 is 1.10 bits per heavy atom. The number of aromatic nitrogens is 6. The van der Waals surface area contributed by atoms with Crippen LogP contribution < -0.4 is 9.64 Å². The summed E-state index contributed by atoms with van der Waals surface area (Å²) in [5, 5.41) is 15.5. The number of alkyl halides is 3. The lowest BCUT2D eigenvalue weighted by molar-refractivity contribution is -0.141. The zero-order chi connectivity index (χ0) is 34.9. The molecular weight excluding hydrogens is 641 g/mol. The third-order valence-electron chi connectivity index (χ3n) is 8.96. The molecule has 6 rings (SSSR count). The molecule has 0 spiro atoms. The van der Waals surface area contributed by atoms with Crippen LogP contribution in [0.15, 0.2) is 36.8 Å². The number of fused-ring (bicyclic) bond motifs is 1. The molecule has 0 radical (unpaired) electrons. The number of ether oxygens (including phenoxy) is 2. The molecular formula is C34H41F3N8O4. The van der Waals surface area contributed by atoms with Crippen LogP contribution in [0, 0.1) is 19.8 Å². The summed E-state index contributed by atoms with van der Waals surface area (Å²) in [6, 6.07) is 5.33. The monoisotopic (exact) mass is 682 g/mol. The molecule has 5 heterocycles. The number of aliphatic hydroxyl groups excluding tert-OH is 1. The maximum atomic E-state index is 14.1. The van der Waals surface area contributed by atoms with Crippen molar-refractivity contribution in [3.8, 4) is 16.9 Å².